The third kappa shape index (κ3) is 4.00. The first-order valence-corrected chi connectivity index (χ1v) is 5.08. The number of hydrogen-bond donors (Lipinski definition) is 1. The largest absolute Gasteiger partial charge is 0.329 e. The van der Waals surface area contributed by atoms with E-state index in [-0.39, 0.29) is 30.7 Å². The van der Waals surface area contributed by atoms with E-state index in [1.165, 1.54) is 5.56 Å². The van der Waals surface area contributed by atoms with Crippen LogP contribution < -0.4 is 5.73 Å². The summed E-state index contributed by atoms with van der Waals surface area (Å²) < 4.78 is 0. The molecule has 0 aliphatic heterocycles. The molecule has 0 saturated heterocycles. The Hall–Kier alpha value is -1.09. The summed E-state index contributed by atoms with van der Waals surface area (Å²) in [4.78, 5) is 4.35. The molecule has 2 nitrogen and oxygen atoms in total. The number of hydrogen-bond acceptors (Lipinski definition) is 2. The Labute approximate surface area is 114 Å². The van der Waals surface area contributed by atoms with Crippen LogP contribution in [-0.4, -0.2) is 11.5 Å². The molecule has 0 fully saturated rings. The monoisotopic (exact) mass is 270 g/mol. The number of halogens is 2. The van der Waals surface area contributed by atoms with Gasteiger partial charge in [0.1, 0.15) is 0 Å². The number of nitrogens with two attached hydrogens (primary N) is 1. The highest BCUT2D eigenvalue weighted by molar-refractivity contribution is 5.85. The molecule has 2 N–H and O–H groups in total. The molecule has 2 aromatic rings. The summed E-state index contributed by atoms with van der Waals surface area (Å²) in [5.74, 6) is 0.201. The maximum absolute atomic E-state index is 5.80. The minimum Gasteiger partial charge on any atom is -0.329 e. The summed E-state index contributed by atoms with van der Waals surface area (Å²) >= 11 is 0. The van der Waals surface area contributed by atoms with Crippen LogP contribution >= 0.6 is 24.8 Å². The third-order valence-corrected chi connectivity index (χ3v) is 2.48. The summed E-state index contributed by atoms with van der Waals surface area (Å²) in [5, 5.41) is 0. The highest BCUT2D eigenvalue weighted by Gasteiger charge is 2.12. The van der Waals surface area contributed by atoms with E-state index in [0.29, 0.717) is 6.54 Å². The highest BCUT2D eigenvalue weighted by Crippen LogP contribution is 2.20. The second kappa shape index (κ2) is 8.07. The molecule has 0 bridgehead atoms. The molecule has 4 heteroatoms. The number of aromatic nitrogens is 1. The van der Waals surface area contributed by atoms with Crippen LogP contribution in [0, 0.1) is 0 Å². The van der Waals surface area contributed by atoms with Gasteiger partial charge in [0.2, 0.25) is 0 Å². The molecule has 0 unspecified atom stereocenters. The Morgan fingerprint density at radius 2 is 1.59 bits per heavy atom. The molecule has 17 heavy (non-hydrogen) atoms. The summed E-state index contributed by atoms with van der Waals surface area (Å²) in [5.41, 5.74) is 8.05. The molecule has 0 amide bonds. The van der Waals surface area contributed by atoms with Gasteiger partial charge in [-0.1, -0.05) is 36.4 Å². The van der Waals surface area contributed by atoms with Crippen LogP contribution in [0.25, 0.3) is 0 Å². The van der Waals surface area contributed by atoms with E-state index in [1.807, 2.05) is 36.4 Å². The zero-order valence-electron chi connectivity index (χ0n) is 9.32. The van der Waals surface area contributed by atoms with Gasteiger partial charge in [0.25, 0.3) is 0 Å². The average molecular weight is 271 g/mol. The van der Waals surface area contributed by atoms with Crippen LogP contribution in [-0.2, 0) is 0 Å². The second-order valence-electron chi connectivity index (χ2n) is 3.45. The Kier molecular flexibility index (Phi) is 7.55. The Morgan fingerprint density at radius 1 is 0.941 bits per heavy atom. The van der Waals surface area contributed by atoms with E-state index in [9.17, 15) is 0 Å². The zero-order valence-corrected chi connectivity index (χ0v) is 11.0. The van der Waals surface area contributed by atoms with Gasteiger partial charge in [-0.05, 0) is 17.7 Å². The Balaban J connectivity index is 0.00000128. The van der Waals surface area contributed by atoms with Crippen molar-refractivity contribution in [3.63, 3.8) is 0 Å². The Bertz CT molecular complexity index is 367. The van der Waals surface area contributed by atoms with E-state index in [0.717, 1.165) is 5.69 Å². The molecule has 1 aromatic carbocycles. The number of rotatable bonds is 3. The molecule has 0 spiro atoms. The summed E-state index contributed by atoms with van der Waals surface area (Å²) in [6.07, 6.45) is 1.81. The molecule has 0 radical (unpaired) electrons. The predicted molar refractivity (Wildman–Crippen MR) is 76.1 cm³/mol. The molecular formula is C13H16Cl2N2. The van der Waals surface area contributed by atoms with Crippen molar-refractivity contribution in [1.29, 1.82) is 0 Å². The zero-order chi connectivity index (χ0) is 10.5. The van der Waals surface area contributed by atoms with Crippen LogP contribution in [0.15, 0.2) is 54.7 Å². The van der Waals surface area contributed by atoms with Crippen LogP contribution in [0.2, 0.25) is 0 Å². The van der Waals surface area contributed by atoms with Gasteiger partial charge in [-0.25, -0.2) is 0 Å². The molecule has 1 atom stereocenters. The lowest BCUT2D eigenvalue weighted by Gasteiger charge is -2.14. The van der Waals surface area contributed by atoms with Crippen molar-refractivity contribution < 1.29 is 0 Å². The maximum Gasteiger partial charge on any atom is 0.0491 e. The number of nitrogens with zero attached hydrogens (tertiary/aromatic N) is 1. The minimum absolute atomic E-state index is 0. The van der Waals surface area contributed by atoms with Crippen molar-refractivity contribution in [2.75, 3.05) is 6.54 Å². The van der Waals surface area contributed by atoms with Crippen LogP contribution in [0.4, 0.5) is 0 Å². The normalized spacial score (nSPS) is 10.9. The smallest absolute Gasteiger partial charge is 0.0491 e. The summed E-state index contributed by atoms with van der Waals surface area (Å²) in [6, 6.07) is 16.2. The van der Waals surface area contributed by atoms with Crippen molar-refractivity contribution in [1.82, 2.24) is 4.98 Å². The van der Waals surface area contributed by atoms with E-state index >= 15 is 0 Å². The number of pyridine rings is 1. The fraction of sp³-hybridized carbons (Fsp3) is 0.154. The van der Waals surface area contributed by atoms with Crippen molar-refractivity contribution in [2.24, 2.45) is 5.73 Å². The summed E-state index contributed by atoms with van der Waals surface area (Å²) in [6.45, 7) is 0.584. The average Bonchev–Trinajstić information content (AvgIpc) is 2.33. The third-order valence-electron chi connectivity index (χ3n) is 2.48. The quantitative estimate of drug-likeness (QED) is 0.932. The molecule has 92 valence electrons. The summed E-state index contributed by atoms with van der Waals surface area (Å²) in [7, 11) is 0. The van der Waals surface area contributed by atoms with Crippen molar-refractivity contribution in [3.8, 4) is 0 Å². The maximum atomic E-state index is 5.80. The Morgan fingerprint density at radius 3 is 2.12 bits per heavy atom. The van der Waals surface area contributed by atoms with E-state index < -0.39 is 0 Å². The van der Waals surface area contributed by atoms with Gasteiger partial charge in [0.05, 0.1) is 0 Å². The molecule has 2 rings (SSSR count). The van der Waals surface area contributed by atoms with Crippen molar-refractivity contribution in [2.45, 2.75) is 5.92 Å². The molecule has 0 saturated carbocycles. The van der Waals surface area contributed by atoms with Crippen LogP contribution in [0.1, 0.15) is 17.2 Å². The van der Waals surface area contributed by atoms with Crippen molar-refractivity contribution in [3.05, 3.63) is 66.0 Å². The topological polar surface area (TPSA) is 38.9 Å². The molecule has 0 aliphatic rings. The van der Waals surface area contributed by atoms with E-state index in [4.69, 9.17) is 5.73 Å². The molecule has 1 aromatic heterocycles. The van der Waals surface area contributed by atoms with Gasteiger partial charge in [0, 0.05) is 24.4 Å². The van der Waals surface area contributed by atoms with Crippen LogP contribution in [0.5, 0.6) is 0 Å². The van der Waals surface area contributed by atoms with Gasteiger partial charge >= 0.3 is 0 Å². The van der Waals surface area contributed by atoms with Gasteiger partial charge in [-0.3, -0.25) is 4.98 Å². The standard InChI is InChI=1S/C13H14N2.2ClH/c14-10-12(11-6-2-1-3-7-11)13-8-4-5-9-15-13;;/h1-9,12H,10,14H2;2*1H/t12-;;/m1../s1. The lowest BCUT2D eigenvalue weighted by Crippen LogP contribution is -2.14. The second-order valence-corrected chi connectivity index (χ2v) is 3.45. The fourth-order valence-corrected chi connectivity index (χ4v) is 1.70. The van der Waals surface area contributed by atoms with Gasteiger partial charge < -0.3 is 5.73 Å². The highest BCUT2D eigenvalue weighted by atomic mass is 35.5. The van der Waals surface area contributed by atoms with Gasteiger partial charge in [-0.2, -0.15) is 0 Å². The SMILES string of the molecule is Cl.Cl.NC[C@H](c1ccccc1)c1ccccn1. The molecule has 1 heterocycles. The minimum atomic E-state index is 0. The van der Waals surface area contributed by atoms with Gasteiger partial charge in [0.15, 0.2) is 0 Å². The lowest BCUT2D eigenvalue weighted by molar-refractivity contribution is 0.787. The fourth-order valence-electron chi connectivity index (χ4n) is 1.70. The van der Waals surface area contributed by atoms with Gasteiger partial charge in [-0.15, -0.1) is 24.8 Å². The number of benzene rings is 1. The molecular weight excluding hydrogens is 255 g/mol. The first-order chi connectivity index (χ1) is 7.42. The predicted octanol–water partition coefficient (Wildman–Crippen LogP) is 3.02. The van der Waals surface area contributed by atoms with Crippen molar-refractivity contribution >= 4 is 24.8 Å². The van der Waals surface area contributed by atoms with E-state index in [1.54, 1.807) is 6.20 Å². The lowest BCUT2D eigenvalue weighted by atomic mass is 9.95. The first kappa shape index (κ1) is 15.9. The van der Waals surface area contributed by atoms with Crippen LogP contribution in [0.3, 0.4) is 0 Å². The first-order valence-electron chi connectivity index (χ1n) is 5.08. The van der Waals surface area contributed by atoms with E-state index in [2.05, 4.69) is 17.1 Å². The molecule has 0 aliphatic carbocycles.